The fourth-order valence-electron chi connectivity index (χ4n) is 7.82. The van der Waals surface area contributed by atoms with Gasteiger partial charge in [0, 0.05) is 38.7 Å². The van der Waals surface area contributed by atoms with Crippen molar-refractivity contribution in [1.82, 2.24) is 9.97 Å². The predicted molar refractivity (Wildman–Crippen MR) is 217 cm³/mol. The van der Waals surface area contributed by atoms with E-state index < -0.39 is 0 Å². The van der Waals surface area contributed by atoms with E-state index in [0.717, 1.165) is 88.5 Å². The Morgan fingerprint density at radius 1 is 0.434 bits per heavy atom. The molecule has 0 aliphatic heterocycles. The minimum absolute atomic E-state index is 0.603. The average molecular weight is 680 g/mol. The molecule has 3 aromatic heterocycles. The number of fused-ring (bicyclic) bond motifs is 9. The zero-order valence-corrected chi connectivity index (χ0v) is 28.4. The Hall–Kier alpha value is -7.24. The highest BCUT2D eigenvalue weighted by Gasteiger charge is 2.25. The molecule has 5 nitrogen and oxygen atoms in total. The molecule has 11 aromatic rings. The van der Waals surface area contributed by atoms with E-state index in [-0.39, 0.29) is 0 Å². The maximum Gasteiger partial charge on any atom is 0.180 e. The van der Waals surface area contributed by atoms with Crippen molar-refractivity contribution in [2.24, 2.45) is 0 Å². The third kappa shape index (κ3) is 4.64. The number of anilines is 3. The van der Waals surface area contributed by atoms with Gasteiger partial charge in [-0.05, 0) is 76.8 Å². The van der Waals surface area contributed by atoms with Gasteiger partial charge < -0.3 is 13.7 Å². The van der Waals surface area contributed by atoms with Crippen molar-refractivity contribution < 1.29 is 8.83 Å². The molecule has 0 bridgehead atoms. The normalized spacial score (nSPS) is 11.8. The fraction of sp³-hybridized carbons (Fsp3) is 0. The van der Waals surface area contributed by atoms with Gasteiger partial charge >= 0.3 is 0 Å². The number of hydrogen-bond acceptors (Lipinski definition) is 5. The lowest BCUT2D eigenvalue weighted by Gasteiger charge is -2.26. The van der Waals surface area contributed by atoms with Gasteiger partial charge in [-0.1, -0.05) is 115 Å². The third-order valence-corrected chi connectivity index (χ3v) is 10.2. The Labute approximate surface area is 304 Å². The summed E-state index contributed by atoms with van der Waals surface area (Å²) in [5.41, 5.74) is 9.50. The minimum atomic E-state index is 0.603. The first-order valence-corrected chi connectivity index (χ1v) is 17.7. The molecule has 0 radical (unpaired) electrons. The van der Waals surface area contributed by atoms with Crippen molar-refractivity contribution in [2.75, 3.05) is 4.90 Å². The Balaban J connectivity index is 1.27. The highest BCUT2D eigenvalue weighted by atomic mass is 16.3. The maximum absolute atomic E-state index is 6.90. The highest BCUT2D eigenvalue weighted by molar-refractivity contribution is 6.24. The Morgan fingerprint density at radius 3 is 1.87 bits per heavy atom. The van der Waals surface area contributed by atoms with Crippen molar-refractivity contribution in [3.05, 3.63) is 176 Å². The smallest absolute Gasteiger partial charge is 0.180 e. The van der Waals surface area contributed by atoms with Crippen molar-refractivity contribution in [1.29, 1.82) is 0 Å². The first-order chi connectivity index (χ1) is 26.3. The van der Waals surface area contributed by atoms with E-state index >= 15 is 0 Å². The topological polar surface area (TPSA) is 55.3 Å². The SMILES string of the molecule is c1ccc(N(c2ccccc2)c2cccc3oc4c5ccccc5cc(-c5nc(-c6ccc7ccccc7c6)c6oc7ccccc7c6n5)c4c23)cc1. The molecule has 0 saturated heterocycles. The van der Waals surface area contributed by atoms with Crippen LogP contribution in [0.5, 0.6) is 0 Å². The van der Waals surface area contributed by atoms with Gasteiger partial charge in [-0.25, -0.2) is 9.97 Å². The van der Waals surface area contributed by atoms with Crippen LogP contribution in [0, 0.1) is 0 Å². The van der Waals surface area contributed by atoms with Gasteiger partial charge in [0.05, 0.1) is 11.1 Å². The molecule has 0 aliphatic rings. The Morgan fingerprint density at radius 2 is 1.08 bits per heavy atom. The monoisotopic (exact) mass is 679 g/mol. The zero-order chi connectivity index (χ0) is 34.9. The van der Waals surface area contributed by atoms with Crippen LogP contribution in [0.3, 0.4) is 0 Å². The van der Waals surface area contributed by atoms with Crippen LogP contribution in [0.4, 0.5) is 17.1 Å². The van der Waals surface area contributed by atoms with Crippen LogP contribution in [0.2, 0.25) is 0 Å². The molecule has 8 aromatic carbocycles. The summed E-state index contributed by atoms with van der Waals surface area (Å²) in [6.45, 7) is 0. The lowest BCUT2D eigenvalue weighted by Crippen LogP contribution is -2.10. The molecule has 5 heteroatoms. The van der Waals surface area contributed by atoms with Gasteiger partial charge in [-0.2, -0.15) is 0 Å². The van der Waals surface area contributed by atoms with Crippen LogP contribution >= 0.6 is 0 Å². The van der Waals surface area contributed by atoms with Crippen LogP contribution < -0.4 is 4.90 Å². The van der Waals surface area contributed by atoms with Crippen LogP contribution in [0.25, 0.3) is 88.2 Å². The average Bonchev–Trinajstić information content (AvgIpc) is 3.81. The van der Waals surface area contributed by atoms with E-state index in [9.17, 15) is 0 Å². The largest absolute Gasteiger partial charge is 0.455 e. The molecular weight excluding hydrogens is 651 g/mol. The van der Waals surface area contributed by atoms with E-state index in [4.69, 9.17) is 18.8 Å². The van der Waals surface area contributed by atoms with Crippen LogP contribution in [-0.4, -0.2) is 9.97 Å². The molecule has 3 heterocycles. The number of benzene rings is 8. The highest BCUT2D eigenvalue weighted by Crippen LogP contribution is 2.48. The molecule has 0 amide bonds. The van der Waals surface area contributed by atoms with E-state index in [1.807, 2.05) is 30.3 Å². The minimum Gasteiger partial charge on any atom is -0.455 e. The number of furan rings is 2. The maximum atomic E-state index is 6.90. The first-order valence-electron chi connectivity index (χ1n) is 17.7. The van der Waals surface area contributed by atoms with Crippen molar-refractivity contribution in [3.63, 3.8) is 0 Å². The molecule has 53 heavy (non-hydrogen) atoms. The van der Waals surface area contributed by atoms with Crippen molar-refractivity contribution >= 4 is 82.6 Å². The summed E-state index contributed by atoms with van der Waals surface area (Å²) in [6.07, 6.45) is 0. The summed E-state index contributed by atoms with van der Waals surface area (Å²) in [5.74, 6) is 0.603. The number of nitrogens with zero attached hydrogens (tertiary/aromatic N) is 3. The summed E-state index contributed by atoms with van der Waals surface area (Å²) in [6, 6.07) is 60.8. The molecule has 248 valence electrons. The lowest BCUT2D eigenvalue weighted by molar-refractivity contribution is 0.667. The van der Waals surface area contributed by atoms with Crippen LogP contribution in [0.1, 0.15) is 0 Å². The molecular formula is C48H29N3O2. The van der Waals surface area contributed by atoms with Crippen LogP contribution in [-0.2, 0) is 0 Å². The summed E-state index contributed by atoms with van der Waals surface area (Å²) in [7, 11) is 0. The molecule has 0 saturated carbocycles. The second-order valence-corrected chi connectivity index (χ2v) is 13.3. The number of hydrogen-bond donors (Lipinski definition) is 0. The van der Waals surface area contributed by atoms with Gasteiger partial charge in [0.1, 0.15) is 28.0 Å². The molecule has 0 fully saturated rings. The quantitative estimate of drug-likeness (QED) is 0.181. The molecule has 11 rings (SSSR count). The number of para-hydroxylation sites is 3. The third-order valence-electron chi connectivity index (χ3n) is 10.2. The molecule has 0 aliphatic carbocycles. The van der Waals surface area contributed by atoms with Gasteiger partial charge in [0.15, 0.2) is 11.4 Å². The fourth-order valence-corrected chi connectivity index (χ4v) is 7.82. The van der Waals surface area contributed by atoms with Gasteiger partial charge in [-0.3, -0.25) is 0 Å². The lowest BCUT2D eigenvalue weighted by atomic mass is 9.98. The summed E-state index contributed by atoms with van der Waals surface area (Å²) in [4.78, 5) is 13.1. The first kappa shape index (κ1) is 29.5. The van der Waals surface area contributed by atoms with Gasteiger partial charge in [-0.15, -0.1) is 0 Å². The van der Waals surface area contributed by atoms with E-state index in [1.165, 1.54) is 5.39 Å². The zero-order valence-electron chi connectivity index (χ0n) is 28.4. The predicted octanol–water partition coefficient (Wildman–Crippen LogP) is 13.4. The van der Waals surface area contributed by atoms with Crippen molar-refractivity contribution in [3.8, 4) is 22.6 Å². The second kappa shape index (κ2) is 11.7. The Bertz CT molecular complexity index is 3140. The van der Waals surface area contributed by atoms with E-state index in [1.54, 1.807) is 0 Å². The molecule has 0 N–H and O–H groups in total. The van der Waals surface area contributed by atoms with Gasteiger partial charge in [0.25, 0.3) is 0 Å². The van der Waals surface area contributed by atoms with E-state index in [0.29, 0.717) is 11.4 Å². The van der Waals surface area contributed by atoms with Crippen LogP contribution in [0.15, 0.2) is 185 Å². The van der Waals surface area contributed by atoms with E-state index in [2.05, 4.69) is 150 Å². The number of aromatic nitrogens is 2. The summed E-state index contributed by atoms with van der Waals surface area (Å²) in [5, 5.41) is 7.28. The number of rotatable bonds is 5. The molecule has 0 unspecified atom stereocenters. The Kier molecular flexibility index (Phi) is 6.48. The molecule has 0 atom stereocenters. The second-order valence-electron chi connectivity index (χ2n) is 13.3. The summed E-state index contributed by atoms with van der Waals surface area (Å²) >= 11 is 0. The van der Waals surface area contributed by atoms with Gasteiger partial charge in [0.2, 0.25) is 0 Å². The van der Waals surface area contributed by atoms with Crippen molar-refractivity contribution in [2.45, 2.75) is 0 Å². The summed E-state index contributed by atoms with van der Waals surface area (Å²) < 4.78 is 13.4. The molecule has 0 spiro atoms. The standard InChI is InChI=1S/C48H29N3O2/c1-3-17-34(18-4-1)51(35-19-5-2-6-20-35)39-23-13-25-41-43(39)42-38(29-32-16-9-10-21-36(32)46(42)53-41)48-49-44(33-27-26-30-14-7-8-15-31(30)28-33)47-45(50-48)37-22-11-12-24-40(37)52-47/h1-29H.